The van der Waals surface area contributed by atoms with Gasteiger partial charge in [0.2, 0.25) is 17.6 Å². The van der Waals surface area contributed by atoms with Crippen LogP contribution in [0.5, 0.6) is 0 Å². The van der Waals surface area contributed by atoms with Crippen molar-refractivity contribution < 1.29 is 39.5 Å². The number of amides is 2. The fourth-order valence-electron chi connectivity index (χ4n) is 2.63. The van der Waals surface area contributed by atoms with E-state index in [0.29, 0.717) is 0 Å². The normalized spacial score (nSPS) is 25.2. The lowest BCUT2D eigenvalue weighted by Crippen LogP contribution is -2.58. The van der Waals surface area contributed by atoms with Gasteiger partial charge in [-0.25, -0.2) is 4.79 Å². The first-order valence-corrected chi connectivity index (χ1v) is 7.77. The molecule has 25 heavy (non-hydrogen) atoms. The number of hydrogen-bond acceptors (Lipinski definition) is 7. The molecule has 0 saturated heterocycles. The second-order valence-corrected chi connectivity index (χ2v) is 5.82. The van der Waals surface area contributed by atoms with Crippen molar-refractivity contribution in [2.45, 2.75) is 44.6 Å². The molecule has 0 spiro atoms. The van der Waals surface area contributed by atoms with Crippen molar-refractivity contribution in [3.8, 4) is 0 Å². The Balaban J connectivity index is 3.11. The number of carboxylic acids is 1. The Labute approximate surface area is 144 Å². The summed E-state index contributed by atoms with van der Waals surface area (Å²) in [6.45, 7) is 2.02. The number of aliphatic hydroxyl groups excluding tert-OH is 3. The Morgan fingerprint density at radius 2 is 1.88 bits per heavy atom. The van der Waals surface area contributed by atoms with Crippen molar-refractivity contribution in [2.24, 2.45) is 5.92 Å². The van der Waals surface area contributed by atoms with Crippen LogP contribution in [0.4, 0.5) is 0 Å². The number of carboxylic acid groups (broad SMARTS) is 1. The average Bonchev–Trinajstić information content (AvgIpc) is 2.53. The average molecular weight is 360 g/mol. The molecule has 10 heteroatoms. The highest BCUT2D eigenvalue weighted by molar-refractivity contribution is 5.84. The van der Waals surface area contributed by atoms with Crippen molar-refractivity contribution in [2.75, 3.05) is 13.2 Å². The Bertz CT molecular complexity index is 536. The predicted molar refractivity (Wildman–Crippen MR) is 84.1 cm³/mol. The minimum absolute atomic E-state index is 0.213. The topological polar surface area (TPSA) is 165 Å². The van der Waals surface area contributed by atoms with Crippen molar-refractivity contribution in [1.82, 2.24) is 10.6 Å². The largest absolute Gasteiger partial charge is 0.478 e. The zero-order chi connectivity index (χ0) is 19.1. The summed E-state index contributed by atoms with van der Waals surface area (Å²) in [6.07, 6.45) is -2.94. The molecular weight excluding hydrogens is 336 g/mol. The van der Waals surface area contributed by atoms with Crippen molar-refractivity contribution in [1.29, 1.82) is 0 Å². The standard InChI is InChI=1S/C15H24N2O8/c1-7(19)16-4-3-9-5-11(15(23)24)25-14(12(9)17-8(2)20)13(22)10(21)6-18/h5,9-10,12-14,18,21-22H,3-4,6H2,1-2H3,(H,16,19)(H,17,20)(H,23,24)/t9-,10+,12+,13+,14+/m0/s1. The van der Waals surface area contributed by atoms with Crippen LogP contribution in [0, 0.1) is 5.92 Å². The van der Waals surface area contributed by atoms with Crippen LogP contribution in [0.1, 0.15) is 20.3 Å². The maximum absolute atomic E-state index is 11.5. The fourth-order valence-corrected chi connectivity index (χ4v) is 2.63. The summed E-state index contributed by atoms with van der Waals surface area (Å²) in [7, 11) is 0. The van der Waals surface area contributed by atoms with Crippen molar-refractivity contribution in [3.05, 3.63) is 11.8 Å². The summed E-state index contributed by atoms with van der Waals surface area (Å²) in [6, 6.07) is -0.856. The number of rotatable bonds is 8. The van der Waals surface area contributed by atoms with Crippen LogP contribution in [-0.4, -0.2) is 75.7 Å². The molecule has 5 atom stereocenters. The van der Waals surface area contributed by atoms with E-state index >= 15 is 0 Å². The number of aliphatic carboxylic acids is 1. The summed E-state index contributed by atoms with van der Waals surface area (Å²) in [5.74, 6) is -3.11. The number of ether oxygens (including phenoxy) is 1. The van der Waals surface area contributed by atoms with E-state index < -0.39 is 54.5 Å². The minimum Gasteiger partial charge on any atom is -0.478 e. The Morgan fingerprint density at radius 1 is 1.24 bits per heavy atom. The molecule has 142 valence electrons. The highest BCUT2D eigenvalue weighted by atomic mass is 16.5. The van der Waals surface area contributed by atoms with Gasteiger partial charge >= 0.3 is 5.97 Å². The van der Waals surface area contributed by atoms with E-state index in [1.165, 1.54) is 19.9 Å². The van der Waals surface area contributed by atoms with E-state index in [-0.39, 0.29) is 18.9 Å². The number of hydrogen-bond donors (Lipinski definition) is 6. The smallest absolute Gasteiger partial charge is 0.370 e. The van der Waals surface area contributed by atoms with Crippen molar-refractivity contribution >= 4 is 17.8 Å². The van der Waals surface area contributed by atoms with E-state index in [1.807, 2.05) is 0 Å². The molecule has 1 heterocycles. The van der Waals surface area contributed by atoms with Gasteiger partial charge in [0.1, 0.15) is 18.3 Å². The van der Waals surface area contributed by atoms with Crippen LogP contribution in [0.3, 0.4) is 0 Å². The lowest BCUT2D eigenvalue weighted by molar-refractivity contribution is -0.147. The summed E-state index contributed by atoms with van der Waals surface area (Å²) in [5, 5.41) is 43.2. The molecule has 0 aromatic carbocycles. The molecule has 1 aliphatic heterocycles. The Morgan fingerprint density at radius 3 is 2.36 bits per heavy atom. The molecule has 0 aliphatic carbocycles. The molecule has 1 aliphatic rings. The lowest BCUT2D eigenvalue weighted by Gasteiger charge is -2.40. The summed E-state index contributed by atoms with van der Waals surface area (Å²) in [4.78, 5) is 33.8. The summed E-state index contributed by atoms with van der Waals surface area (Å²) < 4.78 is 5.24. The van der Waals surface area contributed by atoms with Crippen LogP contribution in [-0.2, 0) is 19.1 Å². The fraction of sp³-hybridized carbons (Fsp3) is 0.667. The Hall–Kier alpha value is -2.17. The van der Waals surface area contributed by atoms with E-state index in [1.54, 1.807) is 0 Å². The van der Waals surface area contributed by atoms with Crippen LogP contribution in [0.2, 0.25) is 0 Å². The second kappa shape index (κ2) is 9.35. The molecular formula is C15H24N2O8. The van der Waals surface area contributed by atoms with Crippen LogP contribution >= 0.6 is 0 Å². The molecule has 0 unspecified atom stereocenters. The highest BCUT2D eigenvalue weighted by Crippen LogP contribution is 2.28. The van der Waals surface area contributed by atoms with Crippen molar-refractivity contribution in [3.63, 3.8) is 0 Å². The van der Waals surface area contributed by atoms with Gasteiger partial charge in [-0.15, -0.1) is 0 Å². The molecule has 0 aromatic heterocycles. The zero-order valence-corrected chi connectivity index (χ0v) is 14.0. The Kier molecular flexibility index (Phi) is 7.81. The maximum Gasteiger partial charge on any atom is 0.370 e. The monoisotopic (exact) mass is 360 g/mol. The van der Waals surface area contributed by atoms with Crippen LogP contribution < -0.4 is 10.6 Å². The van der Waals surface area contributed by atoms with Gasteiger partial charge in [0.25, 0.3) is 0 Å². The molecule has 6 N–H and O–H groups in total. The molecule has 0 aromatic rings. The molecule has 10 nitrogen and oxygen atoms in total. The molecule has 0 fully saturated rings. The first kappa shape index (κ1) is 20.9. The third kappa shape index (κ3) is 6.00. The van der Waals surface area contributed by atoms with Gasteiger partial charge in [-0.1, -0.05) is 0 Å². The van der Waals surface area contributed by atoms with Gasteiger partial charge in [-0.05, 0) is 12.5 Å². The molecule has 0 saturated carbocycles. The number of nitrogens with one attached hydrogen (secondary N) is 2. The van der Waals surface area contributed by atoms with Crippen LogP contribution in [0.15, 0.2) is 11.8 Å². The first-order chi connectivity index (χ1) is 11.7. The predicted octanol–water partition coefficient (Wildman–Crippen LogP) is -2.29. The third-order valence-corrected chi connectivity index (χ3v) is 3.79. The molecule has 0 bridgehead atoms. The third-order valence-electron chi connectivity index (χ3n) is 3.79. The summed E-state index contributed by atoms with van der Waals surface area (Å²) >= 11 is 0. The number of carbonyl (C=O) groups excluding carboxylic acids is 2. The SMILES string of the molecule is CC(=O)NCC[C@H]1C=C(C(=O)O)O[C@@H]([C@H](O)[C@H](O)CO)[C@@H]1NC(C)=O. The van der Waals surface area contributed by atoms with E-state index in [0.717, 1.165) is 0 Å². The van der Waals surface area contributed by atoms with Gasteiger partial charge in [0.05, 0.1) is 12.6 Å². The van der Waals surface area contributed by atoms with Gasteiger partial charge in [0.15, 0.2) is 0 Å². The second-order valence-electron chi connectivity index (χ2n) is 5.82. The molecule has 2 amide bonds. The number of carbonyl (C=O) groups is 3. The minimum atomic E-state index is -1.63. The molecule has 1 rings (SSSR count). The first-order valence-electron chi connectivity index (χ1n) is 7.77. The maximum atomic E-state index is 11.5. The van der Waals surface area contributed by atoms with E-state index in [2.05, 4.69) is 10.6 Å². The van der Waals surface area contributed by atoms with Gasteiger partial charge < -0.3 is 35.8 Å². The summed E-state index contributed by atoms with van der Waals surface area (Å²) in [5.41, 5.74) is 0. The highest BCUT2D eigenvalue weighted by Gasteiger charge is 2.43. The van der Waals surface area contributed by atoms with E-state index in [9.17, 15) is 29.7 Å². The number of aliphatic hydroxyl groups is 3. The van der Waals surface area contributed by atoms with E-state index in [4.69, 9.17) is 9.84 Å². The zero-order valence-electron chi connectivity index (χ0n) is 14.0. The van der Waals surface area contributed by atoms with Gasteiger partial charge in [-0.3, -0.25) is 9.59 Å². The van der Waals surface area contributed by atoms with Gasteiger partial charge in [0, 0.05) is 26.3 Å². The van der Waals surface area contributed by atoms with Gasteiger partial charge in [-0.2, -0.15) is 0 Å². The van der Waals surface area contributed by atoms with Crippen LogP contribution in [0.25, 0.3) is 0 Å². The molecule has 0 radical (unpaired) electrons. The lowest BCUT2D eigenvalue weighted by atomic mass is 9.85. The quantitative estimate of drug-likeness (QED) is 0.281.